The highest BCUT2D eigenvalue weighted by molar-refractivity contribution is 4.98. The fourth-order valence-corrected chi connectivity index (χ4v) is 2.08. The minimum Gasteiger partial charge on any atom is -0.314 e. The summed E-state index contributed by atoms with van der Waals surface area (Å²) in [6.07, 6.45) is 5.26. The lowest BCUT2D eigenvalue weighted by molar-refractivity contribution is 0.167. The Hall–Kier alpha value is -0.300. The molecule has 0 aromatic heterocycles. The van der Waals surface area contributed by atoms with Crippen molar-refractivity contribution in [2.75, 3.05) is 6.54 Å². The fraction of sp³-hybridized carbons (Fsp3) is 0.846. The lowest BCUT2D eigenvalue weighted by atomic mass is 9.70. The molecule has 1 N–H and O–H groups in total. The van der Waals surface area contributed by atoms with E-state index in [1.54, 1.807) is 0 Å². The minimum absolute atomic E-state index is 0.630. The van der Waals surface area contributed by atoms with Gasteiger partial charge in [-0.05, 0) is 44.1 Å². The molecule has 0 saturated heterocycles. The van der Waals surface area contributed by atoms with Crippen molar-refractivity contribution in [2.24, 2.45) is 11.8 Å². The standard InChI is InChI=1S/C13H25N/c1-5-11(4)8-12-6-7-13(12)9-14-10(2)3/h10,12-14H,4-9H2,1-3H3. The van der Waals surface area contributed by atoms with E-state index in [0.29, 0.717) is 6.04 Å². The summed E-state index contributed by atoms with van der Waals surface area (Å²) >= 11 is 0. The van der Waals surface area contributed by atoms with Gasteiger partial charge in [-0.15, -0.1) is 0 Å². The van der Waals surface area contributed by atoms with Crippen LogP contribution in [0.15, 0.2) is 12.2 Å². The van der Waals surface area contributed by atoms with Crippen molar-refractivity contribution in [2.45, 2.75) is 52.5 Å². The molecule has 1 fully saturated rings. The first-order valence-corrected chi connectivity index (χ1v) is 6.03. The highest BCUT2D eigenvalue weighted by Crippen LogP contribution is 2.38. The van der Waals surface area contributed by atoms with Gasteiger partial charge in [0.2, 0.25) is 0 Å². The van der Waals surface area contributed by atoms with E-state index >= 15 is 0 Å². The lowest BCUT2D eigenvalue weighted by Crippen LogP contribution is -2.38. The second-order valence-electron chi connectivity index (χ2n) is 4.97. The van der Waals surface area contributed by atoms with E-state index in [2.05, 4.69) is 32.7 Å². The number of rotatable bonds is 6. The second kappa shape index (κ2) is 5.55. The molecule has 1 aliphatic rings. The molecule has 0 heterocycles. The molecule has 0 aromatic rings. The monoisotopic (exact) mass is 195 g/mol. The average Bonchev–Trinajstić information content (AvgIpc) is 2.11. The normalized spacial score (nSPS) is 26.3. The smallest absolute Gasteiger partial charge is 0.00104 e. The van der Waals surface area contributed by atoms with Crippen LogP contribution in [0.4, 0.5) is 0 Å². The molecule has 0 aliphatic heterocycles. The number of allylic oxidation sites excluding steroid dienone is 1. The van der Waals surface area contributed by atoms with Gasteiger partial charge in [0, 0.05) is 6.04 Å². The van der Waals surface area contributed by atoms with Crippen molar-refractivity contribution in [3.63, 3.8) is 0 Å². The Morgan fingerprint density at radius 2 is 2.00 bits per heavy atom. The molecule has 1 rings (SSSR count). The first-order chi connectivity index (χ1) is 6.63. The van der Waals surface area contributed by atoms with Crippen LogP contribution < -0.4 is 5.32 Å². The maximum absolute atomic E-state index is 4.10. The van der Waals surface area contributed by atoms with Crippen LogP contribution in [0, 0.1) is 11.8 Å². The Balaban J connectivity index is 2.18. The zero-order valence-corrected chi connectivity index (χ0v) is 9.97. The molecular formula is C13H25N. The van der Waals surface area contributed by atoms with Crippen LogP contribution in [-0.4, -0.2) is 12.6 Å². The largest absolute Gasteiger partial charge is 0.314 e. The van der Waals surface area contributed by atoms with E-state index in [-0.39, 0.29) is 0 Å². The highest BCUT2D eigenvalue weighted by Gasteiger charge is 2.30. The summed E-state index contributed by atoms with van der Waals surface area (Å²) in [7, 11) is 0. The van der Waals surface area contributed by atoms with Gasteiger partial charge < -0.3 is 5.32 Å². The van der Waals surface area contributed by atoms with E-state index in [4.69, 9.17) is 0 Å². The number of nitrogens with one attached hydrogen (secondary N) is 1. The first kappa shape index (κ1) is 11.8. The summed E-state index contributed by atoms with van der Waals surface area (Å²) in [6, 6.07) is 0.630. The van der Waals surface area contributed by atoms with Crippen molar-refractivity contribution >= 4 is 0 Å². The molecule has 2 unspecified atom stereocenters. The first-order valence-electron chi connectivity index (χ1n) is 6.03. The quantitative estimate of drug-likeness (QED) is 0.641. The van der Waals surface area contributed by atoms with Gasteiger partial charge in [-0.2, -0.15) is 0 Å². The van der Waals surface area contributed by atoms with Crippen LogP contribution in [0.2, 0.25) is 0 Å². The molecule has 14 heavy (non-hydrogen) atoms. The number of hydrogen-bond acceptors (Lipinski definition) is 1. The summed E-state index contributed by atoms with van der Waals surface area (Å²) in [6.45, 7) is 12.0. The predicted octanol–water partition coefficient (Wildman–Crippen LogP) is 3.37. The third-order valence-electron chi connectivity index (χ3n) is 3.41. The molecule has 1 heteroatoms. The molecule has 0 aromatic carbocycles. The van der Waals surface area contributed by atoms with Gasteiger partial charge >= 0.3 is 0 Å². The molecule has 2 atom stereocenters. The van der Waals surface area contributed by atoms with Crippen LogP contribution >= 0.6 is 0 Å². The van der Waals surface area contributed by atoms with E-state index in [1.807, 2.05) is 0 Å². The van der Waals surface area contributed by atoms with Crippen LogP contribution in [0.5, 0.6) is 0 Å². The number of hydrogen-bond donors (Lipinski definition) is 1. The molecular weight excluding hydrogens is 170 g/mol. The topological polar surface area (TPSA) is 12.0 Å². The minimum atomic E-state index is 0.630. The van der Waals surface area contributed by atoms with E-state index in [9.17, 15) is 0 Å². The highest BCUT2D eigenvalue weighted by atomic mass is 14.9. The average molecular weight is 195 g/mol. The van der Waals surface area contributed by atoms with Gasteiger partial charge in [-0.25, -0.2) is 0 Å². The van der Waals surface area contributed by atoms with Crippen molar-refractivity contribution in [3.8, 4) is 0 Å². The predicted molar refractivity (Wildman–Crippen MR) is 63.4 cm³/mol. The molecule has 1 saturated carbocycles. The second-order valence-corrected chi connectivity index (χ2v) is 4.97. The van der Waals surface area contributed by atoms with Gasteiger partial charge in [-0.1, -0.05) is 32.9 Å². The third-order valence-corrected chi connectivity index (χ3v) is 3.41. The Labute approximate surface area is 89.0 Å². The maximum Gasteiger partial charge on any atom is 0.00104 e. The molecule has 0 radical (unpaired) electrons. The summed E-state index contributed by atoms with van der Waals surface area (Å²) in [5.41, 5.74) is 1.43. The maximum atomic E-state index is 4.10. The van der Waals surface area contributed by atoms with Crippen molar-refractivity contribution in [3.05, 3.63) is 12.2 Å². The summed E-state index contributed by atoms with van der Waals surface area (Å²) in [4.78, 5) is 0. The van der Waals surface area contributed by atoms with Crippen LogP contribution in [0.3, 0.4) is 0 Å². The Kier molecular flexibility index (Phi) is 4.67. The molecule has 0 bridgehead atoms. The zero-order valence-electron chi connectivity index (χ0n) is 9.97. The Morgan fingerprint density at radius 1 is 1.36 bits per heavy atom. The van der Waals surface area contributed by atoms with E-state index in [0.717, 1.165) is 18.3 Å². The van der Waals surface area contributed by atoms with Crippen molar-refractivity contribution < 1.29 is 0 Å². The summed E-state index contributed by atoms with van der Waals surface area (Å²) in [5.74, 6) is 1.84. The molecule has 0 amide bonds. The van der Waals surface area contributed by atoms with E-state index < -0.39 is 0 Å². The summed E-state index contributed by atoms with van der Waals surface area (Å²) in [5, 5.41) is 3.54. The van der Waals surface area contributed by atoms with Gasteiger partial charge in [0.15, 0.2) is 0 Å². The fourth-order valence-electron chi connectivity index (χ4n) is 2.08. The molecule has 0 spiro atoms. The lowest BCUT2D eigenvalue weighted by Gasteiger charge is -2.38. The zero-order chi connectivity index (χ0) is 10.6. The van der Waals surface area contributed by atoms with Crippen molar-refractivity contribution in [1.29, 1.82) is 0 Å². The SMILES string of the molecule is C=C(CC)CC1CCC1CNC(C)C. The van der Waals surface area contributed by atoms with Crippen LogP contribution in [0.25, 0.3) is 0 Å². The van der Waals surface area contributed by atoms with Gasteiger partial charge in [0.25, 0.3) is 0 Å². The van der Waals surface area contributed by atoms with Crippen LogP contribution in [-0.2, 0) is 0 Å². The van der Waals surface area contributed by atoms with Crippen molar-refractivity contribution in [1.82, 2.24) is 5.32 Å². The van der Waals surface area contributed by atoms with Gasteiger partial charge in [-0.3, -0.25) is 0 Å². The molecule has 82 valence electrons. The third kappa shape index (κ3) is 3.45. The van der Waals surface area contributed by atoms with Gasteiger partial charge in [0.1, 0.15) is 0 Å². The van der Waals surface area contributed by atoms with Crippen LogP contribution in [0.1, 0.15) is 46.5 Å². The molecule has 1 aliphatic carbocycles. The Morgan fingerprint density at radius 3 is 2.43 bits per heavy atom. The summed E-state index contributed by atoms with van der Waals surface area (Å²) < 4.78 is 0. The molecule has 1 nitrogen and oxygen atoms in total. The van der Waals surface area contributed by atoms with Gasteiger partial charge in [0.05, 0.1) is 0 Å². The Bertz CT molecular complexity index is 184. The van der Waals surface area contributed by atoms with E-state index in [1.165, 1.54) is 31.4 Å².